The van der Waals surface area contributed by atoms with E-state index in [0.29, 0.717) is 23.7 Å². The van der Waals surface area contributed by atoms with Gasteiger partial charge in [-0.1, -0.05) is 20.8 Å². The average Bonchev–Trinajstić information content (AvgIpc) is 3.01. The second-order valence-electron chi connectivity index (χ2n) is 7.36. The van der Waals surface area contributed by atoms with Crippen molar-refractivity contribution in [2.45, 2.75) is 64.3 Å². The zero-order valence-electron chi connectivity index (χ0n) is 16.7. The number of ether oxygens (including phenoxy) is 2. The van der Waals surface area contributed by atoms with Crippen molar-refractivity contribution in [2.75, 3.05) is 18.4 Å². The number of benzene rings is 1. The number of fused-ring (bicyclic) bond motifs is 1. The van der Waals surface area contributed by atoms with Crippen molar-refractivity contribution in [3.8, 4) is 11.5 Å². The van der Waals surface area contributed by atoms with Crippen LogP contribution in [0.25, 0.3) is 0 Å². The number of carboxylic acid groups (broad SMARTS) is 1. The lowest BCUT2D eigenvalue weighted by Crippen LogP contribution is -2.55. The number of nitrogens with zero attached hydrogens (tertiary/aromatic N) is 1. The Bertz CT molecular complexity index is 729. The van der Waals surface area contributed by atoms with Crippen molar-refractivity contribution in [3.05, 3.63) is 18.2 Å². The maximum Gasteiger partial charge on any atom is 0.319 e. The third kappa shape index (κ3) is 4.32. The molecule has 3 rings (SSSR count). The zero-order chi connectivity index (χ0) is 20.3. The first kappa shape index (κ1) is 20.3. The predicted octanol–water partition coefficient (Wildman–Crippen LogP) is 3.03. The van der Waals surface area contributed by atoms with Gasteiger partial charge in [0, 0.05) is 36.7 Å². The molecule has 28 heavy (non-hydrogen) atoms. The van der Waals surface area contributed by atoms with E-state index in [4.69, 9.17) is 14.6 Å². The minimum atomic E-state index is -0.825. The fourth-order valence-electron chi connectivity index (χ4n) is 3.74. The molecule has 1 fully saturated rings. The first-order valence-corrected chi connectivity index (χ1v) is 9.93. The van der Waals surface area contributed by atoms with E-state index in [0.717, 1.165) is 25.7 Å². The highest BCUT2D eigenvalue weighted by molar-refractivity contribution is 5.90. The summed E-state index contributed by atoms with van der Waals surface area (Å²) in [5.41, 5.74) is 0.639. The Morgan fingerprint density at radius 3 is 2.46 bits per heavy atom. The monoisotopic (exact) mass is 391 g/mol. The molecule has 1 heterocycles. The van der Waals surface area contributed by atoms with Crippen LogP contribution in [-0.2, 0) is 4.79 Å². The maximum atomic E-state index is 12.3. The fourth-order valence-corrected chi connectivity index (χ4v) is 3.74. The summed E-state index contributed by atoms with van der Waals surface area (Å²) in [6, 6.07) is 5.35. The molecule has 1 aromatic carbocycles. The Kier molecular flexibility index (Phi) is 5.98. The third-order valence-corrected chi connectivity index (χ3v) is 5.58. The number of rotatable bonds is 8. The van der Waals surface area contributed by atoms with Gasteiger partial charge in [-0.3, -0.25) is 9.69 Å². The number of carbonyl (C=O) groups excluding carboxylic acids is 1. The minimum absolute atomic E-state index is 0.0360. The Balaban J connectivity index is 1.49. The number of amides is 2. The summed E-state index contributed by atoms with van der Waals surface area (Å²) in [5, 5.41) is 14.7. The highest BCUT2D eigenvalue weighted by Gasteiger charge is 2.38. The molecule has 0 unspecified atom stereocenters. The van der Waals surface area contributed by atoms with Crippen molar-refractivity contribution < 1.29 is 24.2 Å². The molecule has 1 aliphatic carbocycles. The second-order valence-corrected chi connectivity index (χ2v) is 7.36. The van der Waals surface area contributed by atoms with Crippen LogP contribution in [0.1, 0.15) is 46.5 Å². The summed E-state index contributed by atoms with van der Waals surface area (Å²) in [7, 11) is 0. The second kappa shape index (κ2) is 8.26. The Morgan fingerprint density at radius 2 is 1.86 bits per heavy atom. The summed E-state index contributed by atoms with van der Waals surface area (Å²) in [6.07, 6.45) is 2.98. The molecule has 8 heteroatoms. The van der Waals surface area contributed by atoms with Crippen molar-refractivity contribution in [2.24, 2.45) is 0 Å². The van der Waals surface area contributed by atoms with Crippen molar-refractivity contribution in [1.29, 1.82) is 0 Å². The predicted molar refractivity (Wildman–Crippen MR) is 105 cm³/mol. The van der Waals surface area contributed by atoms with E-state index < -0.39 is 11.8 Å². The van der Waals surface area contributed by atoms with E-state index in [1.165, 1.54) is 0 Å². The zero-order valence-corrected chi connectivity index (χ0v) is 16.7. The number of urea groups is 1. The molecule has 2 amide bonds. The van der Waals surface area contributed by atoms with E-state index >= 15 is 0 Å². The number of hydrogen-bond acceptors (Lipinski definition) is 5. The number of hydrogen-bond donors (Lipinski definition) is 3. The third-order valence-electron chi connectivity index (χ3n) is 5.58. The number of carbonyl (C=O) groups is 2. The van der Waals surface area contributed by atoms with Crippen LogP contribution >= 0.6 is 0 Å². The normalized spacial score (nSPS) is 21.9. The van der Waals surface area contributed by atoms with Gasteiger partial charge in [0.1, 0.15) is 0 Å². The van der Waals surface area contributed by atoms with Gasteiger partial charge in [-0.15, -0.1) is 0 Å². The van der Waals surface area contributed by atoms with Crippen LogP contribution in [0.15, 0.2) is 18.2 Å². The highest BCUT2D eigenvalue weighted by atomic mass is 16.7. The van der Waals surface area contributed by atoms with Crippen LogP contribution in [0.3, 0.4) is 0 Å². The van der Waals surface area contributed by atoms with Gasteiger partial charge in [-0.25, -0.2) is 4.79 Å². The molecule has 154 valence electrons. The molecule has 1 aliphatic heterocycles. The van der Waals surface area contributed by atoms with E-state index in [9.17, 15) is 9.59 Å². The molecule has 8 nitrogen and oxygen atoms in total. The number of aliphatic carboxylic acids is 1. The molecule has 0 spiro atoms. The summed E-state index contributed by atoms with van der Waals surface area (Å²) in [5.74, 6) is -0.119. The summed E-state index contributed by atoms with van der Waals surface area (Å²) < 4.78 is 11.9. The number of carboxylic acids is 1. The molecule has 1 saturated carbocycles. The number of likely N-dealkylation sites (N-methyl/N-ethyl adjacent to an activating group) is 1. The first-order valence-electron chi connectivity index (χ1n) is 9.93. The molecule has 3 N–H and O–H groups in total. The number of nitrogens with one attached hydrogen (secondary N) is 2. The van der Waals surface area contributed by atoms with Crippen molar-refractivity contribution in [1.82, 2.24) is 10.2 Å². The van der Waals surface area contributed by atoms with Crippen LogP contribution in [0.2, 0.25) is 0 Å². The van der Waals surface area contributed by atoms with Gasteiger partial charge in [0.25, 0.3) is 5.79 Å². The molecule has 1 aromatic rings. The Morgan fingerprint density at radius 1 is 1.18 bits per heavy atom. The van der Waals surface area contributed by atoms with Gasteiger partial charge in [-0.2, -0.15) is 0 Å². The topological polar surface area (TPSA) is 100 Å². The summed E-state index contributed by atoms with van der Waals surface area (Å²) >= 11 is 0. The van der Waals surface area contributed by atoms with Gasteiger partial charge >= 0.3 is 12.0 Å². The van der Waals surface area contributed by atoms with Crippen molar-refractivity contribution >= 4 is 17.7 Å². The maximum absolute atomic E-state index is 12.3. The molecule has 2 aliphatic rings. The van der Waals surface area contributed by atoms with Crippen LogP contribution in [0, 0.1) is 0 Å². The van der Waals surface area contributed by atoms with E-state index in [1.54, 1.807) is 12.1 Å². The van der Waals surface area contributed by atoms with Gasteiger partial charge in [0.15, 0.2) is 11.5 Å². The Labute approximate surface area is 165 Å². The average molecular weight is 391 g/mol. The molecule has 0 saturated heterocycles. The fraction of sp³-hybridized carbons (Fsp3) is 0.600. The van der Waals surface area contributed by atoms with Gasteiger partial charge in [0.2, 0.25) is 0 Å². The van der Waals surface area contributed by atoms with Gasteiger partial charge in [-0.05, 0) is 31.5 Å². The molecule has 0 atom stereocenters. The van der Waals surface area contributed by atoms with Crippen LogP contribution in [0.5, 0.6) is 11.5 Å². The smallest absolute Gasteiger partial charge is 0.319 e. The lowest BCUT2D eigenvalue weighted by Gasteiger charge is -2.42. The standard InChI is InChI=1S/C20H29N3O5/c1-4-20(5-2)27-16-8-7-13(11-17(16)28-20)21-19(26)22-14-9-15(10-14)23(6-3)12-18(24)25/h7-8,11,14-15H,4-6,9-10,12H2,1-3H3,(H,24,25)(H2,21,22,26). The van der Waals surface area contributed by atoms with E-state index in [2.05, 4.69) is 10.6 Å². The molecule has 0 radical (unpaired) electrons. The quantitative estimate of drug-likeness (QED) is 0.630. The van der Waals surface area contributed by atoms with Crippen LogP contribution in [0.4, 0.5) is 10.5 Å². The van der Waals surface area contributed by atoms with E-state index in [1.807, 2.05) is 31.7 Å². The Hall–Kier alpha value is -2.48. The van der Waals surface area contributed by atoms with E-state index in [-0.39, 0.29) is 24.7 Å². The molecular formula is C20H29N3O5. The summed E-state index contributed by atoms with van der Waals surface area (Å²) in [6.45, 7) is 6.70. The van der Waals surface area contributed by atoms with Gasteiger partial charge < -0.3 is 25.2 Å². The lowest BCUT2D eigenvalue weighted by atomic mass is 9.85. The SMILES string of the molecule is CCN(CC(=O)O)C1CC(NC(=O)Nc2ccc3c(c2)OC(CC)(CC)O3)C1. The summed E-state index contributed by atoms with van der Waals surface area (Å²) in [4.78, 5) is 25.1. The lowest BCUT2D eigenvalue weighted by molar-refractivity contribution is -0.139. The minimum Gasteiger partial charge on any atom is -0.480 e. The molecule has 0 bridgehead atoms. The number of anilines is 1. The van der Waals surface area contributed by atoms with Crippen LogP contribution in [-0.4, -0.2) is 53.0 Å². The van der Waals surface area contributed by atoms with Crippen molar-refractivity contribution in [3.63, 3.8) is 0 Å². The first-order chi connectivity index (χ1) is 13.4. The largest absolute Gasteiger partial charge is 0.480 e. The molecule has 0 aromatic heterocycles. The highest BCUT2D eigenvalue weighted by Crippen LogP contribution is 2.43. The van der Waals surface area contributed by atoms with Crippen LogP contribution < -0.4 is 20.1 Å². The van der Waals surface area contributed by atoms with Gasteiger partial charge in [0.05, 0.1) is 6.54 Å². The molecular weight excluding hydrogens is 362 g/mol.